The molecule has 0 aromatic heterocycles. The summed E-state index contributed by atoms with van der Waals surface area (Å²) in [4.78, 5) is 11.8. The smallest absolute Gasteiger partial charge is 0.137 e. The van der Waals surface area contributed by atoms with Crippen molar-refractivity contribution >= 4 is 5.78 Å². The third-order valence-electron chi connectivity index (χ3n) is 3.88. The first-order valence-corrected chi connectivity index (χ1v) is 6.53. The Morgan fingerprint density at radius 1 is 1.27 bits per heavy atom. The number of hydrogen-bond donors (Lipinski definition) is 1. The number of Topliss-reactive ketones (excluding diaryl/α,β-unsaturated/α-hetero) is 1. The lowest BCUT2D eigenvalue weighted by Gasteiger charge is -2.20. The van der Waals surface area contributed by atoms with Gasteiger partial charge in [-0.25, -0.2) is 0 Å². The fourth-order valence-corrected chi connectivity index (χ4v) is 2.62. The SMILES string of the molecule is CC1CC1C(=O)CC1CCCCCCN1. The molecule has 2 rings (SSSR count). The highest BCUT2D eigenvalue weighted by atomic mass is 16.1. The highest BCUT2D eigenvalue weighted by Gasteiger charge is 2.39. The van der Waals surface area contributed by atoms with E-state index in [9.17, 15) is 4.79 Å². The molecular formula is C13H23NO. The third kappa shape index (κ3) is 3.30. The average molecular weight is 209 g/mol. The van der Waals surface area contributed by atoms with E-state index in [4.69, 9.17) is 0 Å². The van der Waals surface area contributed by atoms with E-state index in [1.54, 1.807) is 0 Å². The molecule has 2 heteroatoms. The highest BCUT2D eigenvalue weighted by Crippen LogP contribution is 2.39. The van der Waals surface area contributed by atoms with E-state index in [1.165, 1.54) is 32.1 Å². The van der Waals surface area contributed by atoms with Gasteiger partial charge in [-0.2, -0.15) is 0 Å². The van der Waals surface area contributed by atoms with Crippen LogP contribution in [0.1, 0.15) is 51.9 Å². The highest BCUT2D eigenvalue weighted by molar-refractivity contribution is 5.84. The molecule has 2 fully saturated rings. The van der Waals surface area contributed by atoms with E-state index >= 15 is 0 Å². The third-order valence-corrected chi connectivity index (χ3v) is 3.88. The Morgan fingerprint density at radius 3 is 2.73 bits per heavy atom. The lowest BCUT2D eigenvalue weighted by Crippen LogP contribution is -2.33. The normalized spacial score (nSPS) is 36.7. The molecular weight excluding hydrogens is 186 g/mol. The molecule has 0 spiro atoms. The van der Waals surface area contributed by atoms with E-state index < -0.39 is 0 Å². The van der Waals surface area contributed by atoms with Crippen molar-refractivity contribution in [1.82, 2.24) is 5.32 Å². The predicted octanol–water partition coefficient (Wildman–Crippen LogP) is 2.52. The zero-order chi connectivity index (χ0) is 10.7. The molecule has 3 atom stereocenters. The predicted molar refractivity (Wildman–Crippen MR) is 61.8 cm³/mol. The molecule has 2 nitrogen and oxygen atoms in total. The summed E-state index contributed by atoms with van der Waals surface area (Å²) in [6.45, 7) is 3.30. The Bertz CT molecular complexity index is 219. The van der Waals surface area contributed by atoms with Crippen molar-refractivity contribution in [3.05, 3.63) is 0 Å². The molecule has 1 N–H and O–H groups in total. The van der Waals surface area contributed by atoms with Crippen LogP contribution in [-0.4, -0.2) is 18.4 Å². The standard InChI is InChI=1S/C13H23NO/c1-10-8-12(10)13(15)9-11-6-4-2-3-5-7-14-11/h10-12,14H,2-9H2,1H3. The second-order valence-corrected chi connectivity index (χ2v) is 5.34. The first kappa shape index (κ1) is 11.1. The van der Waals surface area contributed by atoms with Gasteiger partial charge in [0.25, 0.3) is 0 Å². The first-order chi connectivity index (χ1) is 7.27. The Hall–Kier alpha value is -0.370. The number of rotatable bonds is 3. The van der Waals surface area contributed by atoms with Gasteiger partial charge in [0.1, 0.15) is 5.78 Å². The minimum absolute atomic E-state index is 0.414. The van der Waals surface area contributed by atoms with Gasteiger partial charge in [0.15, 0.2) is 0 Å². The largest absolute Gasteiger partial charge is 0.314 e. The monoisotopic (exact) mass is 209 g/mol. The molecule has 1 aliphatic heterocycles. The first-order valence-electron chi connectivity index (χ1n) is 6.53. The van der Waals surface area contributed by atoms with Gasteiger partial charge >= 0.3 is 0 Å². The molecule has 15 heavy (non-hydrogen) atoms. The fraction of sp³-hybridized carbons (Fsp3) is 0.923. The lowest BCUT2D eigenvalue weighted by molar-refractivity contribution is -0.121. The summed E-state index contributed by atoms with van der Waals surface area (Å²) in [6, 6.07) is 0.477. The second kappa shape index (κ2) is 5.11. The summed E-state index contributed by atoms with van der Waals surface area (Å²) in [5.41, 5.74) is 0. The zero-order valence-corrected chi connectivity index (χ0v) is 9.80. The van der Waals surface area contributed by atoms with Gasteiger partial charge in [-0.05, 0) is 31.7 Å². The van der Waals surface area contributed by atoms with Gasteiger partial charge < -0.3 is 5.32 Å². The molecule has 1 saturated heterocycles. The molecule has 1 heterocycles. The number of ketones is 1. The van der Waals surface area contributed by atoms with E-state index in [-0.39, 0.29) is 0 Å². The Labute approximate surface area is 92.8 Å². The van der Waals surface area contributed by atoms with Crippen LogP contribution in [0.3, 0.4) is 0 Å². The van der Waals surface area contributed by atoms with Crippen LogP contribution < -0.4 is 5.32 Å². The Kier molecular flexibility index (Phi) is 3.79. The number of carbonyl (C=O) groups excluding carboxylic acids is 1. The molecule has 86 valence electrons. The van der Waals surface area contributed by atoms with Crippen LogP contribution in [-0.2, 0) is 4.79 Å². The molecule has 1 saturated carbocycles. The number of carbonyl (C=O) groups is 1. The zero-order valence-electron chi connectivity index (χ0n) is 9.80. The van der Waals surface area contributed by atoms with Crippen LogP contribution >= 0.6 is 0 Å². The molecule has 3 unspecified atom stereocenters. The molecule has 0 aromatic rings. The lowest BCUT2D eigenvalue weighted by atomic mass is 9.98. The summed E-state index contributed by atoms with van der Waals surface area (Å²) in [7, 11) is 0. The van der Waals surface area contributed by atoms with Crippen LogP contribution in [0, 0.1) is 11.8 Å². The minimum Gasteiger partial charge on any atom is -0.314 e. The van der Waals surface area contributed by atoms with Gasteiger partial charge in [0.05, 0.1) is 0 Å². The maximum absolute atomic E-state index is 11.8. The van der Waals surface area contributed by atoms with Crippen LogP contribution in [0.25, 0.3) is 0 Å². The molecule has 1 aliphatic carbocycles. The fourth-order valence-electron chi connectivity index (χ4n) is 2.62. The minimum atomic E-state index is 0.414. The maximum Gasteiger partial charge on any atom is 0.137 e. The van der Waals surface area contributed by atoms with Crippen molar-refractivity contribution in [1.29, 1.82) is 0 Å². The van der Waals surface area contributed by atoms with Crippen LogP contribution in [0.5, 0.6) is 0 Å². The quantitative estimate of drug-likeness (QED) is 0.774. The van der Waals surface area contributed by atoms with Crippen molar-refractivity contribution in [2.45, 2.75) is 57.9 Å². The van der Waals surface area contributed by atoms with Gasteiger partial charge in [-0.1, -0.05) is 26.2 Å². The molecule has 0 amide bonds. The van der Waals surface area contributed by atoms with E-state index in [2.05, 4.69) is 12.2 Å². The van der Waals surface area contributed by atoms with Crippen LogP contribution in [0.15, 0.2) is 0 Å². The summed E-state index contributed by atoms with van der Waals surface area (Å²) in [6.07, 6.45) is 8.42. The second-order valence-electron chi connectivity index (χ2n) is 5.34. The summed E-state index contributed by atoms with van der Waals surface area (Å²) in [5, 5.41) is 3.53. The van der Waals surface area contributed by atoms with Crippen molar-refractivity contribution in [2.24, 2.45) is 11.8 Å². The average Bonchev–Trinajstić information content (AvgIpc) is 2.87. The van der Waals surface area contributed by atoms with Gasteiger partial charge in [0, 0.05) is 18.4 Å². The van der Waals surface area contributed by atoms with E-state index in [0.29, 0.717) is 23.7 Å². The summed E-state index contributed by atoms with van der Waals surface area (Å²) < 4.78 is 0. The van der Waals surface area contributed by atoms with E-state index in [1.807, 2.05) is 0 Å². The molecule has 0 bridgehead atoms. The molecule has 2 aliphatic rings. The number of nitrogens with one attached hydrogen (secondary N) is 1. The van der Waals surface area contributed by atoms with Crippen molar-refractivity contribution in [2.75, 3.05) is 6.54 Å². The van der Waals surface area contributed by atoms with Crippen LogP contribution in [0.2, 0.25) is 0 Å². The van der Waals surface area contributed by atoms with Gasteiger partial charge in [0.2, 0.25) is 0 Å². The van der Waals surface area contributed by atoms with Crippen LogP contribution in [0.4, 0.5) is 0 Å². The van der Waals surface area contributed by atoms with E-state index in [0.717, 1.165) is 19.4 Å². The number of hydrogen-bond acceptors (Lipinski definition) is 2. The topological polar surface area (TPSA) is 29.1 Å². The van der Waals surface area contributed by atoms with Crippen molar-refractivity contribution in [3.63, 3.8) is 0 Å². The molecule has 0 radical (unpaired) electrons. The Morgan fingerprint density at radius 2 is 2.00 bits per heavy atom. The van der Waals surface area contributed by atoms with Gasteiger partial charge in [-0.15, -0.1) is 0 Å². The molecule has 0 aromatic carbocycles. The maximum atomic E-state index is 11.8. The summed E-state index contributed by atoms with van der Waals surface area (Å²) >= 11 is 0. The Balaban J connectivity index is 1.74. The summed E-state index contributed by atoms with van der Waals surface area (Å²) in [5.74, 6) is 1.60. The van der Waals surface area contributed by atoms with Gasteiger partial charge in [-0.3, -0.25) is 4.79 Å². The van der Waals surface area contributed by atoms with Crippen molar-refractivity contribution in [3.8, 4) is 0 Å². The van der Waals surface area contributed by atoms with Crippen molar-refractivity contribution < 1.29 is 4.79 Å².